The fourth-order valence-corrected chi connectivity index (χ4v) is 3.27. The number of pyridine rings is 1. The van der Waals surface area contributed by atoms with Crippen LogP contribution in [0.5, 0.6) is 0 Å². The molecule has 1 aliphatic heterocycles. The molecule has 136 valence electrons. The van der Waals surface area contributed by atoms with Crippen molar-refractivity contribution < 1.29 is 4.52 Å². The van der Waals surface area contributed by atoms with Gasteiger partial charge in [-0.2, -0.15) is 10.2 Å². The second-order valence-electron chi connectivity index (χ2n) is 6.51. The van der Waals surface area contributed by atoms with E-state index in [0.717, 1.165) is 37.6 Å². The number of hydrogen-bond donors (Lipinski definition) is 0. The van der Waals surface area contributed by atoms with Gasteiger partial charge in [-0.25, -0.2) is 4.98 Å². The van der Waals surface area contributed by atoms with Crippen LogP contribution in [0.1, 0.15) is 24.6 Å². The molecule has 0 aliphatic carbocycles. The average Bonchev–Trinajstić information content (AvgIpc) is 3.24. The molecule has 1 unspecified atom stereocenters. The molecule has 3 heterocycles. The standard InChI is InChI=1S/C20H20N6O/c1-15(20-23-19(24-27-20)16-6-3-2-4-7-16)25-10-12-26(13-11-25)18-9-5-8-17(14-21)22-18/h2-9,15H,10-13H2,1H3. The third kappa shape index (κ3) is 3.66. The molecular weight excluding hydrogens is 340 g/mol. The van der Waals surface area contributed by atoms with E-state index in [9.17, 15) is 0 Å². The van der Waals surface area contributed by atoms with Crippen LogP contribution in [0.4, 0.5) is 5.82 Å². The summed E-state index contributed by atoms with van der Waals surface area (Å²) >= 11 is 0. The third-order valence-corrected chi connectivity index (χ3v) is 4.87. The normalized spacial score (nSPS) is 16.1. The van der Waals surface area contributed by atoms with Crippen LogP contribution in [-0.4, -0.2) is 46.2 Å². The van der Waals surface area contributed by atoms with Crippen molar-refractivity contribution in [1.82, 2.24) is 20.0 Å². The third-order valence-electron chi connectivity index (χ3n) is 4.87. The molecule has 1 atom stereocenters. The number of rotatable bonds is 4. The molecule has 0 bridgehead atoms. The van der Waals surface area contributed by atoms with Gasteiger partial charge < -0.3 is 9.42 Å². The summed E-state index contributed by atoms with van der Waals surface area (Å²) in [6, 6.07) is 17.5. The highest BCUT2D eigenvalue weighted by Gasteiger charge is 2.26. The van der Waals surface area contributed by atoms with Gasteiger partial charge in [0.1, 0.15) is 17.6 Å². The lowest BCUT2D eigenvalue weighted by molar-refractivity contribution is 0.164. The van der Waals surface area contributed by atoms with Crippen molar-refractivity contribution in [1.29, 1.82) is 5.26 Å². The SMILES string of the molecule is CC(c1nc(-c2ccccc2)no1)N1CCN(c2cccc(C#N)n2)CC1. The number of nitriles is 1. The minimum atomic E-state index is 0.0514. The van der Waals surface area contributed by atoms with Gasteiger partial charge in [0.2, 0.25) is 11.7 Å². The summed E-state index contributed by atoms with van der Waals surface area (Å²) in [6.07, 6.45) is 0. The van der Waals surface area contributed by atoms with Gasteiger partial charge in [-0.3, -0.25) is 4.90 Å². The van der Waals surface area contributed by atoms with E-state index in [1.54, 1.807) is 6.07 Å². The van der Waals surface area contributed by atoms with Crippen LogP contribution in [0.3, 0.4) is 0 Å². The molecule has 27 heavy (non-hydrogen) atoms. The van der Waals surface area contributed by atoms with E-state index in [1.165, 1.54) is 0 Å². The van der Waals surface area contributed by atoms with E-state index in [-0.39, 0.29) is 6.04 Å². The quantitative estimate of drug-likeness (QED) is 0.707. The summed E-state index contributed by atoms with van der Waals surface area (Å²) in [7, 11) is 0. The Hall–Kier alpha value is -3.24. The highest BCUT2D eigenvalue weighted by molar-refractivity contribution is 5.53. The van der Waals surface area contributed by atoms with Crippen molar-refractivity contribution in [3.05, 3.63) is 60.1 Å². The number of anilines is 1. The van der Waals surface area contributed by atoms with Crippen LogP contribution >= 0.6 is 0 Å². The van der Waals surface area contributed by atoms with Crippen LogP contribution in [0.2, 0.25) is 0 Å². The van der Waals surface area contributed by atoms with Gasteiger partial charge in [0.25, 0.3) is 0 Å². The zero-order valence-electron chi connectivity index (χ0n) is 15.1. The summed E-state index contributed by atoms with van der Waals surface area (Å²) in [5.41, 5.74) is 1.40. The fourth-order valence-electron chi connectivity index (χ4n) is 3.27. The molecule has 0 spiro atoms. The van der Waals surface area contributed by atoms with E-state index in [4.69, 9.17) is 9.78 Å². The van der Waals surface area contributed by atoms with E-state index < -0.39 is 0 Å². The molecule has 0 radical (unpaired) electrons. The highest BCUT2D eigenvalue weighted by Crippen LogP contribution is 2.24. The van der Waals surface area contributed by atoms with Crippen molar-refractivity contribution in [3.8, 4) is 17.5 Å². The van der Waals surface area contributed by atoms with E-state index >= 15 is 0 Å². The number of hydrogen-bond acceptors (Lipinski definition) is 7. The molecule has 0 N–H and O–H groups in total. The Balaban J connectivity index is 1.41. The Kier molecular flexibility index (Phi) is 4.81. The minimum Gasteiger partial charge on any atom is -0.354 e. The van der Waals surface area contributed by atoms with Crippen LogP contribution in [0.15, 0.2) is 53.1 Å². The lowest BCUT2D eigenvalue weighted by Gasteiger charge is -2.37. The smallest absolute Gasteiger partial charge is 0.244 e. The Bertz CT molecular complexity index is 940. The molecule has 1 fully saturated rings. The Morgan fingerprint density at radius 2 is 1.78 bits per heavy atom. The predicted octanol–water partition coefficient (Wildman–Crippen LogP) is 2.89. The minimum absolute atomic E-state index is 0.0514. The molecule has 0 saturated carbocycles. The zero-order valence-corrected chi connectivity index (χ0v) is 15.1. The van der Waals surface area contributed by atoms with Gasteiger partial charge in [-0.1, -0.05) is 41.6 Å². The second kappa shape index (κ2) is 7.56. The Morgan fingerprint density at radius 3 is 2.52 bits per heavy atom. The molecular formula is C20H20N6O. The molecule has 3 aromatic rings. The predicted molar refractivity (Wildman–Crippen MR) is 101 cm³/mol. The van der Waals surface area contributed by atoms with Gasteiger partial charge in [0, 0.05) is 31.7 Å². The van der Waals surface area contributed by atoms with Crippen LogP contribution in [0, 0.1) is 11.3 Å². The topological polar surface area (TPSA) is 82.1 Å². The monoisotopic (exact) mass is 360 g/mol. The molecule has 4 rings (SSSR count). The lowest BCUT2D eigenvalue weighted by Crippen LogP contribution is -2.47. The van der Waals surface area contributed by atoms with Gasteiger partial charge in [0.05, 0.1) is 6.04 Å². The van der Waals surface area contributed by atoms with Gasteiger partial charge in [-0.15, -0.1) is 0 Å². The summed E-state index contributed by atoms with van der Waals surface area (Å²) < 4.78 is 5.51. The number of aromatic nitrogens is 3. The maximum atomic E-state index is 9.02. The number of piperazine rings is 1. The van der Waals surface area contributed by atoms with Crippen LogP contribution in [-0.2, 0) is 0 Å². The Labute approximate surface area is 157 Å². The first-order chi connectivity index (χ1) is 13.2. The van der Waals surface area contributed by atoms with Crippen LogP contribution in [0.25, 0.3) is 11.4 Å². The summed E-state index contributed by atoms with van der Waals surface area (Å²) in [5.74, 6) is 2.10. The highest BCUT2D eigenvalue weighted by atomic mass is 16.5. The number of benzene rings is 1. The first-order valence-corrected chi connectivity index (χ1v) is 9.00. The first kappa shape index (κ1) is 17.2. The Morgan fingerprint density at radius 1 is 1.00 bits per heavy atom. The average molecular weight is 360 g/mol. The zero-order chi connectivity index (χ0) is 18.6. The number of nitrogens with zero attached hydrogens (tertiary/aromatic N) is 6. The van der Waals surface area contributed by atoms with Crippen molar-refractivity contribution in [3.63, 3.8) is 0 Å². The molecule has 1 aromatic carbocycles. The van der Waals surface area contributed by atoms with Crippen molar-refractivity contribution in [2.24, 2.45) is 0 Å². The molecule has 2 aromatic heterocycles. The maximum Gasteiger partial charge on any atom is 0.244 e. The van der Waals surface area contributed by atoms with Gasteiger partial charge in [-0.05, 0) is 19.1 Å². The molecule has 1 saturated heterocycles. The van der Waals surface area contributed by atoms with Crippen molar-refractivity contribution in [2.75, 3.05) is 31.1 Å². The fraction of sp³-hybridized carbons (Fsp3) is 0.300. The molecule has 0 amide bonds. The van der Waals surface area contributed by atoms with Gasteiger partial charge in [0.15, 0.2) is 0 Å². The van der Waals surface area contributed by atoms with Crippen LogP contribution < -0.4 is 4.90 Å². The summed E-state index contributed by atoms with van der Waals surface area (Å²) in [6.45, 7) is 5.50. The molecule has 7 nitrogen and oxygen atoms in total. The summed E-state index contributed by atoms with van der Waals surface area (Å²) in [4.78, 5) is 13.5. The van der Waals surface area contributed by atoms with E-state index in [2.05, 4.69) is 37.9 Å². The molecule has 1 aliphatic rings. The first-order valence-electron chi connectivity index (χ1n) is 9.00. The maximum absolute atomic E-state index is 9.02. The molecule has 7 heteroatoms. The summed E-state index contributed by atoms with van der Waals surface area (Å²) in [5, 5.41) is 13.1. The van der Waals surface area contributed by atoms with Gasteiger partial charge >= 0.3 is 0 Å². The second-order valence-corrected chi connectivity index (χ2v) is 6.51. The van der Waals surface area contributed by atoms with Crippen molar-refractivity contribution in [2.45, 2.75) is 13.0 Å². The van der Waals surface area contributed by atoms with Crippen molar-refractivity contribution >= 4 is 5.82 Å². The van der Waals surface area contributed by atoms with E-state index in [0.29, 0.717) is 17.4 Å². The largest absolute Gasteiger partial charge is 0.354 e. The lowest BCUT2D eigenvalue weighted by atomic mass is 10.2. The van der Waals surface area contributed by atoms with E-state index in [1.807, 2.05) is 42.5 Å².